The Bertz CT molecular complexity index is 775. The number of amides is 1. The number of benzene rings is 2. The first-order valence-corrected chi connectivity index (χ1v) is 11.0. The number of hydrazone groups is 1. The minimum absolute atomic E-state index is 0.152. The van der Waals surface area contributed by atoms with Crippen LogP contribution in [0.25, 0.3) is 0 Å². The van der Waals surface area contributed by atoms with Crippen molar-refractivity contribution in [3.05, 3.63) is 59.7 Å². The molecule has 0 unspecified atom stereocenters. The van der Waals surface area contributed by atoms with Crippen molar-refractivity contribution in [1.82, 2.24) is 5.43 Å². The molecule has 30 heavy (non-hydrogen) atoms. The van der Waals surface area contributed by atoms with Crippen LogP contribution in [-0.2, 0) is 11.2 Å². The first-order valence-electron chi connectivity index (χ1n) is 11.0. The van der Waals surface area contributed by atoms with Gasteiger partial charge in [0.2, 0.25) is 5.91 Å². The molecule has 0 saturated heterocycles. The second-order valence-electron chi connectivity index (χ2n) is 7.21. The molecule has 1 amide bonds. The van der Waals surface area contributed by atoms with E-state index in [1.165, 1.54) is 32.1 Å². The first-order chi connectivity index (χ1) is 14.7. The summed E-state index contributed by atoms with van der Waals surface area (Å²) < 4.78 is 11.6. The van der Waals surface area contributed by atoms with Crippen molar-refractivity contribution in [3.63, 3.8) is 0 Å². The molecule has 2 aromatic carbocycles. The highest BCUT2D eigenvalue weighted by atomic mass is 16.5. The number of hydrogen-bond acceptors (Lipinski definition) is 4. The van der Waals surface area contributed by atoms with Crippen molar-refractivity contribution >= 4 is 12.1 Å². The standard InChI is InChI=1S/C25H34N2O3/c1-3-5-6-7-8-12-17-30-23-16-15-22(18-24(23)29-4-2)20-26-27-25(28)19-21-13-10-9-11-14-21/h9-11,13-16,18,20H,3-8,12,17,19H2,1-2H3,(H,27,28)/b26-20+. The van der Waals surface area contributed by atoms with Gasteiger partial charge in [-0.2, -0.15) is 5.10 Å². The summed E-state index contributed by atoms with van der Waals surface area (Å²) in [5.41, 5.74) is 4.36. The van der Waals surface area contributed by atoms with Gasteiger partial charge < -0.3 is 9.47 Å². The Balaban J connectivity index is 1.82. The van der Waals surface area contributed by atoms with Crippen molar-refractivity contribution in [3.8, 4) is 11.5 Å². The van der Waals surface area contributed by atoms with Crippen molar-refractivity contribution in [2.45, 2.75) is 58.8 Å². The summed E-state index contributed by atoms with van der Waals surface area (Å²) in [6.45, 7) is 5.42. The molecule has 0 saturated carbocycles. The summed E-state index contributed by atoms with van der Waals surface area (Å²) in [5.74, 6) is 1.29. The molecule has 0 bridgehead atoms. The van der Waals surface area contributed by atoms with Gasteiger partial charge in [-0.05, 0) is 42.7 Å². The van der Waals surface area contributed by atoms with Crippen molar-refractivity contribution in [2.75, 3.05) is 13.2 Å². The molecule has 162 valence electrons. The predicted molar refractivity (Wildman–Crippen MR) is 122 cm³/mol. The Morgan fingerprint density at radius 1 is 0.933 bits per heavy atom. The molecule has 2 rings (SSSR count). The van der Waals surface area contributed by atoms with E-state index in [1.807, 2.05) is 55.5 Å². The van der Waals surface area contributed by atoms with Crippen LogP contribution in [0, 0.1) is 0 Å². The number of nitrogens with zero attached hydrogens (tertiary/aromatic N) is 1. The van der Waals surface area contributed by atoms with Crippen LogP contribution in [0.1, 0.15) is 63.5 Å². The summed E-state index contributed by atoms with van der Waals surface area (Å²) in [6.07, 6.45) is 9.29. The quantitative estimate of drug-likeness (QED) is 0.253. The van der Waals surface area contributed by atoms with E-state index in [2.05, 4.69) is 17.5 Å². The molecule has 0 fully saturated rings. The maximum absolute atomic E-state index is 12.0. The molecule has 5 nitrogen and oxygen atoms in total. The molecule has 0 spiro atoms. The van der Waals surface area contributed by atoms with Gasteiger partial charge in [0.05, 0.1) is 25.8 Å². The fraction of sp³-hybridized carbons (Fsp3) is 0.440. The Morgan fingerprint density at radius 2 is 1.70 bits per heavy atom. The minimum atomic E-state index is -0.152. The zero-order valence-electron chi connectivity index (χ0n) is 18.2. The molecule has 2 aromatic rings. The van der Waals surface area contributed by atoms with E-state index in [-0.39, 0.29) is 5.91 Å². The van der Waals surface area contributed by atoms with E-state index in [0.717, 1.165) is 23.3 Å². The van der Waals surface area contributed by atoms with Crippen LogP contribution in [0.15, 0.2) is 53.6 Å². The second kappa shape index (κ2) is 14.2. The van der Waals surface area contributed by atoms with Gasteiger partial charge in [-0.1, -0.05) is 69.4 Å². The van der Waals surface area contributed by atoms with E-state index in [9.17, 15) is 4.79 Å². The average Bonchev–Trinajstić information content (AvgIpc) is 2.75. The third kappa shape index (κ3) is 9.12. The van der Waals surface area contributed by atoms with Gasteiger partial charge in [-0.15, -0.1) is 0 Å². The number of nitrogens with one attached hydrogen (secondary N) is 1. The van der Waals surface area contributed by atoms with Gasteiger partial charge in [0, 0.05) is 0 Å². The fourth-order valence-electron chi connectivity index (χ4n) is 3.06. The summed E-state index contributed by atoms with van der Waals surface area (Å²) in [6, 6.07) is 15.3. The van der Waals surface area contributed by atoms with Crippen LogP contribution >= 0.6 is 0 Å². The van der Waals surface area contributed by atoms with E-state index >= 15 is 0 Å². The van der Waals surface area contributed by atoms with Crippen LogP contribution in [0.5, 0.6) is 11.5 Å². The smallest absolute Gasteiger partial charge is 0.244 e. The third-order valence-electron chi connectivity index (χ3n) is 4.63. The van der Waals surface area contributed by atoms with Crippen LogP contribution < -0.4 is 14.9 Å². The molecule has 1 N–H and O–H groups in total. The molecule has 0 aromatic heterocycles. The van der Waals surface area contributed by atoms with Crippen LogP contribution in [0.2, 0.25) is 0 Å². The summed E-state index contributed by atoms with van der Waals surface area (Å²) in [5, 5.41) is 4.06. The molecule has 0 aliphatic heterocycles. The van der Waals surface area contributed by atoms with E-state index in [0.29, 0.717) is 25.4 Å². The monoisotopic (exact) mass is 410 g/mol. The number of rotatable bonds is 14. The zero-order chi connectivity index (χ0) is 21.4. The molecule has 0 heterocycles. The summed E-state index contributed by atoms with van der Waals surface area (Å²) >= 11 is 0. The second-order valence-corrected chi connectivity index (χ2v) is 7.21. The van der Waals surface area contributed by atoms with E-state index in [1.54, 1.807) is 6.21 Å². The zero-order valence-corrected chi connectivity index (χ0v) is 18.2. The van der Waals surface area contributed by atoms with Gasteiger partial charge in [-0.25, -0.2) is 5.43 Å². The SMILES string of the molecule is CCCCCCCCOc1ccc(/C=N/NC(=O)Cc2ccccc2)cc1OCC. The topological polar surface area (TPSA) is 59.9 Å². The van der Waals surface area contributed by atoms with Crippen molar-refractivity contribution < 1.29 is 14.3 Å². The lowest BCUT2D eigenvalue weighted by Gasteiger charge is -2.12. The summed E-state index contributed by atoms with van der Waals surface area (Å²) in [7, 11) is 0. The number of carbonyl (C=O) groups excluding carboxylic acids is 1. The molecular weight excluding hydrogens is 376 g/mol. The molecule has 0 aliphatic carbocycles. The normalized spacial score (nSPS) is 10.9. The molecule has 5 heteroatoms. The van der Waals surface area contributed by atoms with Crippen LogP contribution in [0.4, 0.5) is 0 Å². The average molecular weight is 411 g/mol. The van der Waals surface area contributed by atoms with Crippen LogP contribution in [0.3, 0.4) is 0 Å². The van der Waals surface area contributed by atoms with Gasteiger partial charge in [0.25, 0.3) is 0 Å². The fourth-order valence-corrected chi connectivity index (χ4v) is 3.06. The van der Waals surface area contributed by atoms with E-state index in [4.69, 9.17) is 9.47 Å². The number of carbonyl (C=O) groups is 1. The predicted octanol–water partition coefficient (Wildman–Crippen LogP) is 5.52. The lowest BCUT2D eigenvalue weighted by molar-refractivity contribution is -0.120. The third-order valence-corrected chi connectivity index (χ3v) is 4.63. The van der Waals surface area contributed by atoms with Crippen LogP contribution in [-0.4, -0.2) is 25.3 Å². The van der Waals surface area contributed by atoms with Crippen molar-refractivity contribution in [1.29, 1.82) is 0 Å². The van der Waals surface area contributed by atoms with Gasteiger partial charge in [0.15, 0.2) is 11.5 Å². The Kier molecular flexibility index (Phi) is 11.1. The molecule has 0 radical (unpaired) electrons. The highest BCUT2D eigenvalue weighted by Gasteiger charge is 2.06. The van der Waals surface area contributed by atoms with Crippen molar-refractivity contribution in [2.24, 2.45) is 5.10 Å². The van der Waals surface area contributed by atoms with E-state index < -0.39 is 0 Å². The Morgan fingerprint density at radius 3 is 2.47 bits per heavy atom. The number of unbranched alkanes of at least 4 members (excludes halogenated alkanes) is 5. The van der Waals surface area contributed by atoms with Gasteiger partial charge in [0.1, 0.15) is 0 Å². The maximum Gasteiger partial charge on any atom is 0.244 e. The molecule has 0 aliphatic rings. The maximum atomic E-state index is 12.0. The lowest BCUT2D eigenvalue weighted by atomic mass is 10.1. The minimum Gasteiger partial charge on any atom is -0.490 e. The van der Waals surface area contributed by atoms with Gasteiger partial charge >= 0.3 is 0 Å². The number of hydrogen-bond donors (Lipinski definition) is 1. The highest BCUT2D eigenvalue weighted by molar-refractivity contribution is 5.84. The molecular formula is C25H34N2O3. The summed E-state index contributed by atoms with van der Waals surface area (Å²) in [4.78, 5) is 12.0. The highest BCUT2D eigenvalue weighted by Crippen LogP contribution is 2.28. The lowest BCUT2D eigenvalue weighted by Crippen LogP contribution is -2.19. The first kappa shape index (κ1) is 23.5. The van der Waals surface area contributed by atoms with Gasteiger partial charge in [-0.3, -0.25) is 4.79 Å². The molecule has 0 atom stereocenters. The number of ether oxygens (including phenoxy) is 2. The Hall–Kier alpha value is -2.82. The Labute approximate surface area is 180 Å². The largest absolute Gasteiger partial charge is 0.490 e.